The van der Waals surface area contributed by atoms with Gasteiger partial charge < -0.3 is 14.6 Å². The molecule has 9 heteroatoms. The standard InChI is InChI=1S/C20H19ClN4O3S/c1-3-28-19(27)15-11-14(9-10-16(15)21)22-17(26)12-29-20-24-23-18(25(20)2)13-7-5-4-6-8-13/h4-11H,3,12H2,1-2H3,(H,22,26). The molecule has 1 aromatic heterocycles. The fraction of sp³-hybridized carbons (Fsp3) is 0.200. The maximum atomic E-state index is 12.3. The highest BCUT2D eigenvalue weighted by atomic mass is 35.5. The van der Waals surface area contributed by atoms with Crippen molar-refractivity contribution >= 4 is 40.9 Å². The number of nitrogens with one attached hydrogen (secondary N) is 1. The van der Waals surface area contributed by atoms with Gasteiger partial charge in [0.1, 0.15) is 0 Å². The van der Waals surface area contributed by atoms with Crippen LogP contribution in [0.3, 0.4) is 0 Å². The first-order valence-corrected chi connectivity index (χ1v) is 10.2. The summed E-state index contributed by atoms with van der Waals surface area (Å²) in [6.45, 7) is 1.95. The Bertz CT molecular complexity index is 1020. The Morgan fingerprint density at radius 2 is 1.93 bits per heavy atom. The zero-order valence-corrected chi connectivity index (χ0v) is 17.5. The summed E-state index contributed by atoms with van der Waals surface area (Å²) in [6.07, 6.45) is 0. The molecular formula is C20H19ClN4O3S. The molecule has 1 heterocycles. The zero-order valence-electron chi connectivity index (χ0n) is 15.9. The minimum Gasteiger partial charge on any atom is -0.462 e. The quantitative estimate of drug-likeness (QED) is 0.449. The number of anilines is 1. The van der Waals surface area contributed by atoms with E-state index in [-0.39, 0.29) is 28.9 Å². The van der Waals surface area contributed by atoms with Crippen molar-refractivity contribution in [2.75, 3.05) is 17.7 Å². The van der Waals surface area contributed by atoms with Gasteiger partial charge in [-0.25, -0.2) is 4.79 Å². The number of carbonyl (C=O) groups excluding carboxylic acids is 2. The summed E-state index contributed by atoms with van der Waals surface area (Å²) in [7, 11) is 1.85. The first kappa shape index (κ1) is 20.9. The third kappa shape index (κ3) is 5.16. The highest BCUT2D eigenvalue weighted by molar-refractivity contribution is 7.99. The third-order valence-corrected chi connectivity index (χ3v) is 5.29. The fourth-order valence-electron chi connectivity index (χ4n) is 2.57. The van der Waals surface area contributed by atoms with Gasteiger partial charge in [0.15, 0.2) is 11.0 Å². The number of carbonyl (C=O) groups is 2. The molecule has 0 bridgehead atoms. The maximum Gasteiger partial charge on any atom is 0.339 e. The van der Waals surface area contributed by atoms with Crippen molar-refractivity contribution in [1.29, 1.82) is 0 Å². The fourth-order valence-corrected chi connectivity index (χ4v) is 3.48. The Balaban J connectivity index is 1.63. The highest BCUT2D eigenvalue weighted by Gasteiger charge is 2.15. The summed E-state index contributed by atoms with van der Waals surface area (Å²) in [5, 5.41) is 12.0. The number of ether oxygens (including phenoxy) is 1. The number of hydrogen-bond acceptors (Lipinski definition) is 6. The van der Waals surface area contributed by atoms with Crippen LogP contribution in [0.15, 0.2) is 53.7 Å². The molecular weight excluding hydrogens is 412 g/mol. The Kier molecular flexibility index (Phi) is 6.90. The summed E-state index contributed by atoms with van der Waals surface area (Å²) in [5.74, 6) is 0.0928. The summed E-state index contributed by atoms with van der Waals surface area (Å²) >= 11 is 7.31. The molecule has 0 fully saturated rings. The summed E-state index contributed by atoms with van der Waals surface area (Å²) in [6, 6.07) is 14.4. The molecule has 0 aliphatic carbocycles. The molecule has 0 aliphatic heterocycles. The molecule has 0 spiro atoms. The van der Waals surface area contributed by atoms with Crippen LogP contribution >= 0.6 is 23.4 Å². The molecule has 0 radical (unpaired) electrons. The lowest BCUT2D eigenvalue weighted by Crippen LogP contribution is -2.15. The molecule has 0 aliphatic rings. The maximum absolute atomic E-state index is 12.3. The Labute approximate surface area is 177 Å². The van der Waals surface area contributed by atoms with Crippen molar-refractivity contribution in [2.24, 2.45) is 7.05 Å². The van der Waals surface area contributed by atoms with E-state index >= 15 is 0 Å². The van der Waals surface area contributed by atoms with E-state index in [1.165, 1.54) is 17.8 Å². The summed E-state index contributed by atoms with van der Waals surface area (Å²) < 4.78 is 6.81. The number of nitrogens with zero attached hydrogens (tertiary/aromatic N) is 3. The van der Waals surface area contributed by atoms with E-state index in [9.17, 15) is 9.59 Å². The van der Waals surface area contributed by atoms with E-state index in [2.05, 4.69) is 15.5 Å². The highest BCUT2D eigenvalue weighted by Crippen LogP contribution is 2.24. The second kappa shape index (κ2) is 9.58. The average Bonchev–Trinajstić information content (AvgIpc) is 3.09. The van der Waals surface area contributed by atoms with Crippen LogP contribution in [0, 0.1) is 0 Å². The van der Waals surface area contributed by atoms with Gasteiger partial charge in [-0.1, -0.05) is 53.7 Å². The van der Waals surface area contributed by atoms with Crippen LogP contribution in [0.4, 0.5) is 5.69 Å². The Morgan fingerprint density at radius 1 is 1.17 bits per heavy atom. The van der Waals surface area contributed by atoms with Crippen molar-refractivity contribution < 1.29 is 14.3 Å². The van der Waals surface area contributed by atoms with E-state index in [1.54, 1.807) is 19.1 Å². The summed E-state index contributed by atoms with van der Waals surface area (Å²) in [5.41, 5.74) is 1.62. The number of amides is 1. The molecule has 0 atom stereocenters. The van der Waals surface area contributed by atoms with E-state index in [0.717, 1.165) is 11.4 Å². The molecule has 0 saturated heterocycles. The van der Waals surface area contributed by atoms with Gasteiger partial charge in [-0.3, -0.25) is 4.79 Å². The summed E-state index contributed by atoms with van der Waals surface area (Å²) in [4.78, 5) is 24.3. The van der Waals surface area contributed by atoms with Crippen molar-refractivity contribution in [3.05, 3.63) is 59.1 Å². The third-order valence-electron chi connectivity index (χ3n) is 3.94. The molecule has 150 valence electrons. The molecule has 3 rings (SSSR count). The van der Waals surface area contributed by atoms with Gasteiger partial charge in [0, 0.05) is 18.3 Å². The van der Waals surface area contributed by atoms with E-state index in [4.69, 9.17) is 16.3 Å². The average molecular weight is 431 g/mol. The topological polar surface area (TPSA) is 86.1 Å². The normalized spacial score (nSPS) is 10.6. The van der Waals surface area contributed by atoms with Gasteiger partial charge in [0.05, 0.1) is 22.9 Å². The lowest BCUT2D eigenvalue weighted by Gasteiger charge is -2.09. The monoisotopic (exact) mass is 430 g/mol. The minimum absolute atomic E-state index is 0.137. The van der Waals surface area contributed by atoms with E-state index in [0.29, 0.717) is 10.8 Å². The van der Waals surface area contributed by atoms with Crippen LogP contribution in [-0.2, 0) is 16.6 Å². The smallest absolute Gasteiger partial charge is 0.339 e. The molecule has 3 aromatic rings. The second-order valence-electron chi connectivity index (χ2n) is 5.98. The van der Waals surface area contributed by atoms with Crippen LogP contribution in [0.2, 0.25) is 5.02 Å². The SMILES string of the molecule is CCOC(=O)c1cc(NC(=O)CSc2nnc(-c3ccccc3)n2C)ccc1Cl. The molecule has 0 unspecified atom stereocenters. The van der Waals surface area contributed by atoms with Gasteiger partial charge in [-0.2, -0.15) is 0 Å². The lowest BCUT2D eigenvalue weighted by molar-refractivity contribution is -0.113. The van der Waals surface area contributed by atoms with Crippen molar-refractivity contribution in [3.63, 3.8) is 0 Å². The van der Waals surface area contributed by atoms with Crippen molar-refractivity contribution in [2.45, 2.75) is 12.1 Å². The number of benzene rings is 2. The zero-order chi connectivity index (χ0) is 20.8. The van der Waals surface area contributed by atoms with Gasteiger partial charge in [0.2, 0.25) is 5.91 Å². The van der Waals surface area contributed by atoms with Crippen molar-refractivity contribution in [3.8, 4) is 11.4 Å². The van der Waals surface area contributed by atoms with Gasteiger partial charge >= 0.3 is 5.97 Å². The molecule has 1 amide bonds. The number of esters is 1. The van der Waals surface area contributed by atoms with Crippen LogP contribution in [0.25, 0.3) is 11.4 Å². The molecule has 29 heavy (non-hydrogen) atoms. The van der Waals surface area contributed by atoms with Gasteiger partial charge in [0.25, 0.3) is 0 Å². The second-order valence-corrected chi connectivity index (χ2v) is 7.33. The number of thioether (sulfide) groups is 1. The Morgan fingerprint density at radius 3 is 2.66 bits per heavy atom. The molecule has 2 aromatic carbocycles. The van der Waals surface area contributed by atoms with E-state index in [1.807, 2.05) is 41.9 Å². The lowest BCUT2D eigenvalue weighted by atomic mass is 10.2. The molecule has 7 nitrogen and oxygen atoms in total. The predicted molar refractivity (Wildman–Crippen MR) is 113 cm³/mol. The number of aromatic nitrogens is 3. The Hall–Kier alpha value is -2.84. The first-order valence-electron chi connectivity index (χ1n) is 8.83. The van der Waals surface area contributed by atoms with Gasteiger partial charge in [-0.15, -0.1) is 10.2 Å². The van der Waals surface area contributed by atoms with E-state index < -0.39 is 5.97 Å². The van der Waals surface area contributed by atoms with Crippen LogP contribution in [0.1, 0.15) is 17.3 Å². The van der Waals surface area contributed by atoms with Crippen molar-refractivity contribution in [1.82, 2.24) is 14.8 Å². The van der Waals surface area contributed by atoms with Crippen LogP contribution in [-0.4, -0.2) is 39.0 Å². The first-order chi connectivity index (χ1) is 14.0. The minimum atomic E-state index is -0.532. The molecule has 0 saturated carbocycles. The molecule has 1 N–H and O–H groups in total. The predicted octanol–water partition coefficient (Wildman–Crippen LogP) is 4.04. The number of rotatable bonds is 7. The van der Waals surface area contributed by atoms with Gasteiger partial charge in [-0.05, 0) is 25.1 Å². The largest absolute Gasteiger partial charge is 0.462 e. The van der Waals surface area contributed by atoms with Crippen LogP contribution in [0.5, 0.6) is 0 Å². The number of halogens is 1. The number of hydrogen-bond donors (Lipinski definition) is 1. The van der Waals surface area contributed by atoms with Crippen LogP contribution < -0.4 is 5.32 Å².